The highest BCUT2D eigenvalue weighted by Crippen LogP contribution is 2.13. The summed E-state index contributed by atoms with van der Waals surface area (Å²) in [7, 11) is 5.57. The molecule has 1 fully saturated rings. The Morgan fingerprint density at radius 2 is 2.60 bits per heavy atom. The topological polar surface area (TPSA) is 52.0 Å². The van der Waals surface area contributed by atoms with Gasteiger partial charge in [-0.3, -0.25) is 0 Å². The van der Waals surface area contributed by atoms with Gasteiger partial charge in [0.1, 0.15) is 0 Å². The van der Waals surface area contributed by atoms with Crippen LogP contribution < -0.4 is 0 Å². The van der Waals surface area contributed by atoms with Crippen LogP contribution in [0.4, 0.5) is 0 Å². The largest absolute Gasteiger partial charge is 0.351 e. The maximum atomic E-state index is 8.01. The highest BCUT2D eigenvalue weighted by atomic mass is 15.2. The van der Waals surface area contributed by atoms with E-state index < -0.39 is 0 Å². The van der Waals surface area contributed by atoms with Crippen molar-refractivity contribution in [1.82, 2.24) is 4.81 Å². The summed E-state index contributed by atoms with van der Waals surface area (Å²) in [5.74, 6) is 0. The first-order valence-electron chi connectivity index (χ1n) is 3.37. The minimum absolute atomic E-state index is 0.274. The van der Waals surface area contributed by atoms with E-state index in [1.165, 1.54) is 0 Å². The second-order valence-corrected chi connectivity index (χ2v) is 2.45. The quantitative estimate of drug-likeness (QED) is 0.240. The van der Waals surface area contributed by atoms with Gasteiger partial charge < -0.3 is 4.81 Å². The van der Waals surface area contributed by atoms with Gasteiger partial charge in [0.15, 0.2) is 7.98 Å². The maximum absolute atomic E-state index is 8.01. The minimum atomic E-state index is 0.274. The van der Waals surface area contributed by atoms with Crippen molar-refractivity contribution in [3.05, 3.63) is 10.4 Å². The third-order valence-corrected chi connectivity index (χ3v) is 1.78. The molecule has 1 rings (SSSR count). The van der Waals surface area contributed by atoms with Gasteiger partial charge in [0.25, 0.3) is 0 Å². The lowest BCUT2D eigenvalue weighted by molar-refractivity contribution is 0.427. The van der Waals surface area contributed by atoms with E-state index in [1.54, 1.807) is 4.81 Å². The van der Waals surface area contributed by atoms with Gasteiger partial charge in [0.05, 0.1) is 0 Å². The van der Waals surface area contributed by atoms with Gasteiger partial charge >= 0.3 is 0 Å². The summed E-state index contributed by atoms with van der Waals surface area (Å²) in [6.07, 6.45) is 2.16. The Kier molecular flexibility index (Phi) is 2.60. The summed E-state index contributed by atoms with van der Waals surface area (Å²) in [5, 5.41) is 3.46. The van der Waals surface area contributed by atoms with Crippen LogP contribution in [0.1, 0.15) is 12.8 Å². The van der Waals surface area contributed by atoms with Crippen LogP contribution in [-0.2, 0) is 0 Å². The normalized spacial score (nSPS) is 26.2. The van der Waals surface area contributed by atoms with Gasteiger partial charge in [0, 0.05) is 17.5 Å². The van der Waals surface area contributed by atoms with Gasteiger partial charge in [-0.05, 0) is 24.9 Å². The van der Waals surface area contributed by atoms with Crippen LogP contribution in [0, 0.1) is 0 Å². The molecular weight excluding hydrogens is 127 g/mol. The molecule has 1 unspecified atom stereocenters. The van der Waals surface area contributed by atoms with Crippen molar-refractivity contribution in [1.29, 1.82) is 0 Å². The molecule has 0 aromatic heterocycles. The highest BCUT2D eigenvalue weighted by Gasteiger charge is 2.18. The zero-order valence-electron chi connectivity index (χ0n) is 5.77. The molecule has 2 radical (unpaired) electrons. The zero-order chi connectivity index (χ0) is 7.40. The van der Waals surface area contributed by atoms with E-state index in [0.717, 1.165) is 19.4 Å². The predicted octanol–water partition coefficient (Wildman–Crippen LogP) is 0.845. The van der Waals surface area contributed by atoms with Crippen LogP contribution in [0.15, 0.2) is 5.11 Å². The molecule has 0 aromatic carbocycles. The van der Waals surface area contributed by atoms with Crippen LogP contribution in [0.25, 0.3) is 10.4 Å². The second kappa shape index (κ2) is 3.49. The molecule has 0 amide bonds. The minimum Gasteiger partial charge on any atom is -0.351 e. The predicted molar refractivity (Wildman–Crippen MR) is 39.5 cm³/mol. The van der Waals surface area contributed by atoms with Gasteiger partial charge in [-0.2, -0.15) is 0 Å². The Hall–Kier alpha value is -0.665. The Bertz CT molecular complexity index is 154. The van der Waals surface area contributed by atoms with Crippen LogP contribution in [0.2, 0.25) is 0 Å². The van der Waals surface area contributed by atoms with Gasteiger partial charge in [-0.15, -0.1) is 0 Å². The zero-order valence-corrected chi connectivity index (χ0v) is 5.77. The summed E-state index contributed by atoms with van der Waals surface area (Å²) in [6.45, 7) is 1.43. The average molecular weight is 136 g/mol. The van der Waals surface area contributed by atoms with Crippen molar-refractivity contribution >= 4 is 7.98 Å². The third-order valence-electron chi connectivity index (χ3n) is 1.78. The number of hydrogen-bond donors (Lipinski definition) is 0. The number of rotatable bonds is 2. The molecule has 0 N–H and O–H groups in total. The van der Waals surface area contributed by atoms with Crippen LogP contribution in [-0.4, -0.2) is 31.9 Å². The van der Waals surface area contributed by atoms with E-state index in [0.29, 0.717) is 6.54 Å². The van der Waals surface area contributed by atoms with E-state index in [1.807, 2.05) is 0 Å². The highest BCUT2D eigenvalue weighted by molar-refractivity contribution is 6.04. The molecule has 0 spiro atoms. The molecular formula is C5H9BN4. The molecule has 1 saturated heterocycles. The molecule has 1 aliphatic heterocycles. The molecule has 10 heavy (non-hydrogen) atoms. The Morgan fingerprint density at radius 3 is 3.10 bits per heavy atom. The molecule has 0 aliphatic carbocycles. The summed E-state index contributed by atoms with van der Waals surface area (Å²) >= 11 is 0. The SMILES string of the molecule is [B]N1CCCC1CN=[N+]=[N-]. The number of nitrogens with zero attached hydrogens (tertiary/aromatic N) is 4. The first-order chi connectivity index (χ1) is 4.84. The molecule has 4 nitrogen and oxygen atoms in total. The molecule has 5 heteroatoms. The summed E-state index contributed by atoms with van der Waals surface area (Å²) < 4.78 is 0. The lowest BCUT2D eigenvalue weighted by Gasteiger charge is -2.16. The van der Waals surface area contributed by atoms with Crippen molar-refractivity contribution < 1.29 is 0 Å². The fourth-order valence-electron chi connectivity index (χ4n) is 1.18. The van der Waals surface area contributed by atoms with Gasteiger partial charge in [-0.25, -0.2) is 0 Å². The van der Waals surface area contributed by atoms with E-state index in [-0.39, 0.29) is 6.04 Å². The van der Waals surface area contributed by atoms with Gasteiger partial charge in [-0.1, -0.05) is 5.11 Å². The summed E-state index contributed by atoms with van der Waals surface area (Å²) in [6, 6.07) is 0.274. The monoisotopic (exact) mass is 136 g/mol. The van der Waals surface area contributed by atoms with Crippen molar-refractivity contribution in [3.8, 4) is 0 Å². The lowest BCUT2D eigenvalue weighted by Crippen LogP contribution is -2.28. The standard InChI is InChI=1S/C5H9BN4/c6-10-3-1-2-5(10)4-8-9-7/h5H,1-4H2. The van der Waals surface area contributed by atoms with E-state index in [2.05, 4.69) is 10.0 Å². The first kappa shape index (κ1) is 7.44. The molecule has 1 aliphatic rings. The number of azide groups is 1. The van der Waals surface area contributed by atoms with Crippen molar-refractivity contribution in [2.24, 2.45) is 5.11 Å². The van der Waals surface area contributed by atoms with E-state index in [9.17, 15) is 0 Å². The maximum Gasteiger partial charge on any atom is 0.182 e. The Morgan fingerprint density at radius 1 is 1.80 bits per heavy atom. The van der Waals surface area contributed by atoms with Crippen molar-refractivity contribution in [2.45, 2.75) is 18.9 Å². The van der Waals surface area contributed by atoms with E-state index >= 15 is 0 Å². The summed E-state index contributed by atoms with van der Waals surface area (Å²) in [5.41, 5.74) is 8.01. The van der Waals surface area contributed by atoms with Gasteiger partial charge in [0.2, 0.25) is 0 Å². The smallest absolute Gasteiger partial charge is 0.182 e. The molecule has 52 valence electrons. The third kappa shape index (κ3) is 1.66. The first-order valence-corrected chi connectivity index (χ1v) is 3.37. The number of hydrogen-bond acceptors (Lipinski definition) is 2. The lowest BCUT2D eigenvalue weighted by atomic mass is 10.2. The molecule has 0 saturated carbocycles. The molecule has 0 aromatic rings. The Balaban J connectivity index is 2.32. The second-order valence-electron chi connectivity index (χ2n) is 2.45. The average Bonchev–Trinajstić information content (AvgIpc) is 2.31. The fourth-order valence-corrected chi connectivity index (χ4v) is 1.18. The van der Waals surface area contributed by atoms with Crippen LogP contribution in [0.5, 0.6) is 0 Å². The molecule has 0 bridgehead atoms. The molecule has 1 heterocycles. The van der Waals surface area contributed by atoms with Crippen molar-refractivity contribution in [2.75, 3.05) is 13.1 Å². The Labute approximate surface area is 61.3 Å². The van der Waals surface area contributed by atoms with E-state index in [4.69, 9.17) is 13.5 Å². The van der Waals surface area contributed by atoms with Crippen LogP contribution in [0.3, 0.4) is 0 Å². The van der Waals surface area contributed by atoms with Crippen molar-refractivity contribution in [3.63, 3.8) is 0 Å². The summed E-state index contributed by atoms with van der Waals surface area (Å²) in [4.78, 5) is 4.42. The van der Waals surface area contributed by atoms with Crippen LogP contribution >= 0.6 is 0 Å². The molecule has 1 atom stereocenters. The fraction of sp³-hybridized carbons (Fsp3) is 1.00.